The molecule has 14 heavy (non-hydrogen) atoms. The van der Waals surface area contributed by atoms with Gasteiger partial charge in [0.25, 0.3) is 0 Å². The molecule has 1 aromatic rings. The number of hydrogen-bond acceptors (Lipinski definition) is 4. The Kier molecular flexibility index (Phi) is 11.4. The normalized spacial score (nSPS) is 14.1. The van der Waals surface area contributed by atoms with Crippen LogP contribution in [0.4, 0.5) is 0 Å². The van der Waals surface area contributed by atoms with Crippen LogP contribution in [0.1, 0.15) is 19.3 Å². The van der Waals surface area contributed by atoms with E-state index in [0.717, 1.165) is 0 Å². The zero-order valence-electron chi connectivity index (χ0n) is 8.19. The average molecular weight is 198 g/mol. The summed E-state index contributed by atoms with van der Waals surface area (Å²) >= 11 is 0. The van der Waals surface area contributed by atoms with Crippen LogP contribution in [0.3, 0.4) is 0 Å². The fourth-order valence-corrected chi connectivity index (χ4v) is 1.02. The van der Waals surface area contributed by atoms with Gasteiger partial charge in [0.15, 0.2) is 0 Å². The molecule has 0 aliphatic carbocycles. The molecule has 0 saturated carbocycles. The van der Waals surface area contributed by atoms with Crippen LogP contribution >= 0.6 is 0 Å². The summed E-state index contributed by atoms with van der Waals surface area (Å²) in [5.41, 5.74) is 0. The largest absolute Gasteiger partial charge is 0.482 e. The number of hydrogen-bond donors (Lipinski definition) is 4. The monoisotopic (exact) mass is 198 g/mol. The summed E-state index contributed by atoms with van der Waals surface area (Å²) in [6, 6.07) is 1.83. The van der Waals surface area contributed by atoms with E-state index in [1.54, 1.807) is 12.4 Å². The van der Waals surface area contributed by atoms with Crippen LogP contribution in [0.2, 0.25) is 0 Å². The Balaban J connectivity index is 0.000000193. The van der Waals surface area contributed by atoms with Crippen molar-refractivity contribution in [3.05, 3.63) is 18.5 Å². The highest BCUT2D eigenvalue weighted by Crippen LogP contribution is 1.96. The van der Waals surface area contributed by atoms with Crippen molar-refractivity contribution in [3.8, 4) is 0 Å². The minimum Gasteiger partial charge on any atom is -0.429 e. The van der Waals surface area contributed by atoms with Crippen molar-refractivity contribution in [1.82, 2.24) is 15.5 Å². The number of H-pyrrole nitrogens is 1. The minimum absolute atomic E-state index is 0. The fraction of sp³-hybridized carbons (Fsp3) is 0.625. The van der Waals surface area contributed by atoms with E-state index >= 15 is 0 Å². The number of piperidine rings is 1. The van der Waals surface area contributed by atoms with Gasteiger partial charge in [-0.2, -0.15) is 5.10 Å². The van der Waals surface area contributed by atoms with Crippen LogP contribution in [0.5, 0.6) is 0 Å². The van der Waals surface area contributed by atoms with E-state index in [2.05, 4.69) is 15.5 Å². The summed E-state index contributed by atoms with van der Waals surface area (Å²) in [7, 11) is 0. The highest BCUT2D eigenvalue weighted by atomic mass is 16.4. The van der Waals surface area contributed by atoms with Crippen molar-refractivity contribution in [2.45, 2.75) is 19.3 Å². The van der Waals surface area contributed by atoms with Crippen LogP contribution in [0, 0.1) is 0 Å². The summed E-state index contributed by atoms with van der Waals surface area (Å²) in [5.74, 6) is 0. The summed E-state index contributed by atoms with van der Waals surface area (Å²) in [6.07, 6.45) is 7.67. The van der Waals surface area contributed by atoms with Gasteiger partial charge in [-0.1, -0.05) is 6.42 Å². The van der Waals surface area contributed by atoms with Crippen LogP contribution in [0.15, 0.2) is 18.5 Å². The van der Waals surface area contributed by atoms with Gasteiger partial charge in [-0.3, -0.25) is 5.10 Å². The molecule has 1 saturated heterocycles. The van der Waals surface area contributed by atoms with E-state index < -0.39 is 0 Å². The molecule has 5 nitrogen and oxygen atoms in total. The lowest BCUT2D eigenvalue weighted by Crippen LogP contribution is -2.21. The molecule has 2 rings (SSSR count). The van der Waals surface area contributed by atoms with Crippen molar-refractivity contribution < 1.29 is 10.0 Å². The van der Waals surface area contributed by atoms with Gasteiger partial charge in [-0.25, -0.2) is 0 Å². The molecule has 1 aromatic heterocycles. The van der Waals surface area contributed by atoms with Gasteiger partial charge < -0.3 is 15.4 Å². The topological polar surface area (TPSA) is 81.2 Å². The maximum atomic E-state index is 7.00. The molecule has 0 aromatic carbocycles. The average Bonchev–Trinajstić information content (AvgIpc) is 2.80. The molecule has 0 spiro atoms. The Labute approximate surface area is 84.9 Å². The summed E-state index contributed by atoms with van der Waals surface area (Å²) in [6.45, 7) is 2.50. The van der Waals surface area contributed by atoms with Gasteiger partial charge in [-0.15, -0.1) is 0 Å². The van der Waals surface area contributed by atoms with Crippen molar-refractivity contribution >= 4 is 7.69 Å². The van der Waals surface area contributed by atoms with Gasteiger partial charge in [0.05, 0.1) is 0 Å². The molecular formula is C8H17BN3O2. The number of nitrogens with zero attached hydrogens (tertiary/aromatic N) is 1. The lowest BCUT2D eigenvalue weighted by Gasteiger charge is -2.08. The Morgan fingerprint density at radius 1 is 1.14 bits per heavy atom. The number of aromatic amines is 1. The van der Waals surface area contributed by atoms with Gasteiger partial charge in [0.2, 0.25) is 0 Å². The van der Waals surface area contributed by atoms with Crippen LogP contribution < -0.4 is 5.32 Å². The van der Waals surface area contributed by atoms with Gasteiger partial charge >= 0.3 is 7.69 Å². The quantitative estimate of drug-likeness (QED) is 0.430. The first-order valence-corrected chi connectivity index (χ1v) is 4.66. The molecule has 1 radical (unpaired) electrons. The second-order valence-corrected chi connectivity index (χ2v) is 2.69. The molecule has 1 aliphatic rings. The first kappa shape index (κ1) is 13.2. The number of nitrogens with one attached hydrogen (secondary N) is 2. The summed E-state index contributed by atoms with van der Waals surface area (Å²) in [5, 5.41) is 23.5. The molecule has 0 atom stereocenters. The Morgan fingerprint density at radius 3 is 1.93 bits per heavy atom. The van der Waals surface area contributed by atoms with Crippen molar-refractivity contribution in [3.63, 3.8) is 0 Å². The molecule has 1 fully saturated rings. The lowest BCUT2D eigenvalue weighted by molar-refractivity contribution is 0.448. The molecule has 4 N–H and O–H groups in total. The van der Waals surface area contributed by atoms with E-state index in [0.29, 0.717) is 0 Å². The Morgan fingerprint density at radius 2 is 1.79 bits per heavy atom. The van der Waals surface area contributed by atoms with Crippen LogP contribution in [-0.4, -0.2) is 41.0 Å². The van der Waals surface area contributed by atoms with Crippen molar-refractivity contribution in [2.24, 2.45) is 0 Å². The highest BCUT2D eigenvalue weighted by Gasteiger charge is 1.93. The Hall–Kier alpha value is -0.845. The maximum Gasteiger partial charge on any atom is 0.482 e. The van der Waals surface area contributed by atoms with E-state index in [4.69, 9.17) is 10.0 Å². The van der Waals surface area contributed by atoms with E-state index in [1.807, 2.05) is 6.07 Å². The predicted octanol–water partition coefficient (Wildman–Crippen LogP) is -0.325. The lowest BCUT2D eigenvalue weighted by atomic mass is 10.2. The third-order valence-corrected chi connectivity index (χ3v) is 1.61. The number of rotatable bonds is 0. The fourth-order valence-electron chi connectivity index (χ4n) is 1.02. The molecule has 79 valence electrons. The third kappa shape index (κ3) is 11.2. The van der Waals surface area contributed by atoms with Crippen molar-refractivity contribution in [2.75, 3.05) is 13.1 Å². The zero-order valence-corrected chi connectivity index (χ0v) is 8.19. The molecule has 0 bridgehead atoms. The minimum atomic E-state index is 0. The summed E-state index contributed by atoms with van der Waals surface area (Å²) < 4.78 is 0. The standard InChI is InChI=1S/C5H11N.C3H4N2.BH2O2/c1-2-4-6-5-3-1;1-2-4-5-3-1;2-1-3/h6H,1-5H2;1-3H,(H,4,5);2-3H. The van der Waals surface area contributed by atoms with E-state index in [1.165, 1.54) is 32.4 Å². The maximum absolute atomic E-state index is 7.00. The molecule has 1 aliphatic heterocycles. The SMILES string of the molecule is C1CCNCC1.O[B]O.c1cn[nH]c1. The summed E-state index contributed by atoms with van der Waals surface area (Å²) in [4.78, 5) is 0. The second kappa shape index (κ2) is 12.2. The third-order valence-electron chi connectivity index (χ3n) is 1.61. The smallest absolute Gasteiger partial charge is 0.429 e. The second-order valence-electron chi connectivity index (χ2n) is 2.69. The van der Waals surface area contributed by atoms with Gasteiger partial charge in [-0.05, 0) is 32.0 Å². The molecule has 6 heteroatoms. The molecule has 2 heterocycles. The first-order chi connectivity index (χ1) is 6.91. The van der Waals surface area contributed by atoms with Crippen LogP contribution in [-0.2, 0) is 0 Å². The highest BCUT2D eigenvalue weighted by molar-refractivity contribution is 6.13. The molecular weight excluding hydrogens is 181 g/mol. The van der Waals surface area contributed by atoms with Gasteiger partial charge in [0.1, 0.15) is 0 Å². The predicted molar refractivity (Wildman–Crippen MR) is 55.5 cm³/mol. The molecule has 0 unspecified atom stereocenters. The Bertz CT molecular complexity index is 140. The van der Waals surface area contributed by atoms with Gasteiger partial charge in [0, 0.05) is 12.4 Å². The van der Waals surface area contributed by atoms with E-state index in [9.17, 15) is 0 Å². The van der Waals surface area contributed by atoms with E-state index in [-0.39, 0.29) is 7.69 Å². The number of aromatic nitrogens is 2. The first-order valence-electron chi connectivity index (χ1n) is 4.66. The zero-order chi connectivity index (χ0) is 10.5. The van der Waals surface area contributed by atoms with Crippen molar-refractivity contribution in [1.29, 1.82) is 0 Å². The molecule has 0 amide bonds. The van der Waals surface area contributed by atoms with Crippen LogP contribution in [0.25, 0.3) is 0 Å².